The number of hydrogen-bond donors (Lipinski definition) is 1. The van der Waals surface area contributed by atoms with Crippen LogP contribution in [0.5, 0.6) is 5.75 Å². The largest absolute Gasteiger partial charge is 0.435 e. The standard InChI is InChI=1S/C12H13F2N3O/c1-8-7-17(2)12(15-8)16-9-3-5-10(6-4-9)18-11(13)14/h3-7,11H,1-2H3,(H,15,16). The van der Waals surface area contributed by atoms with Gasteiger partial charge in [-0.25, -0.2) is 4.98 Å². The Morgan fingerprint density at radius 2 is 1.94 bits per heavy atom. The summed E-state index contributed by atoms with van der Waals surface area (Å²) in [7, 11) is 1.87. The van der Waals surface area contributed by atoms with E-state index in [1.807, 2.05) is 24.7 Å². The van der Waals surface area contributed by atoms with Crippen LogP contribution in [0.4, 0.5) is 20.4 Å². The second-order valence-electron chi connectivity index (χ2n) is 3.84. The molecule has 0 spiro atoms. The van der Waals surface area contributed by atoms with Crippen LogP contribution in [0, 0.1) is 6.92 Å². The van der Waals surface area contributed by atoms with Gasteiger partial charge in [0.15, 0.2) is 0 Å². The van der Waals surface area contributed by atoms with E-state index >= 15 is 0 Å². The molecule has 0 fully saturated rings. The molecule has 0 aliphatic heterocycles. The first kappa shape index (κ1) is 12.3. The number of anilines is 2. The average Bonchev–Trinajstić information content (AvgIpc) is 2.59. The maximum Gasteiger partial charge on any atom is 0.387 e. The fraction of sp³-hybridized carbons (Fsp3) is 0.250. The van der Waals surface area contributed by atoms with E-state index in [1.165, 1.54) is 12.1 Å². The molecule has 0 radical (unpaired) electrons. The van der Waals surface area contributed by atoms with Crippen LogP contribution in [0.15, 0.2) is 30.5 Å². The van der Waals surface area contributed by atoms with E-state index in [9.17, 15) is 8.78 Å². The first-order valence-electron chi connectivity index (χ1n) is 5.36. The number of nitrogens with one attached hydrogen (secondary N) is 1. The molecule has 0 saturated heterocycles. The van der Waals surface area contributed by atoms with Gasteiger partial charge in [0, 0.05) is 18.9 Å². The Balaban J connectivity index is 2.08. The predicted molar refractivity (Wildman–Crippen MR) is 64.3 cm³/mol. The molecule has 0 aliphatic carbocycles. The Bertz CT molecular complexity index is 523. The molecule has 18 heavy (non-hydrogen) atoms. The van der Waals surface area contributed by atoms with Gasteiger partial charge in [-0.15, -0.1) is 0 Å². The maximum atomic E-state index is 12.0. The number of imidazole rings is 1. The summed E-state index contributed by atoms with van der Waals surface area (Å²) in [6, 6.07) is 6.26. The van der Waals surface area contributed by atoms with Crippen LogP contribution < -0.4 is 10.1 Å². The summed E-state index contributed by atoms with van der Waals surface area (Å²) in [6.07, 6.45) is 1.89. The van der Waals surface area contributed by atoms with Gasteiger partial charge in [-0.1, -0.05) is 0 Å². The molecule has 0 atom stereocenters. The van der Waals surface area contributed by atoms with Crippen molar-refractivity contribution in [1.82, 2.24) is 9.55 Å². The van der Waals surface area contributed by atoms with Crippen LogP contribution in [-0.4, -0.2) is 16.2 Å². The second-order valence-corrected chi connectivity index (χ2v) is 3.84. The summed E-state index contributed by atoms with van der Waals surface area (Å²) in [6.45, 7) is -0.911. The van der Waals surface area contributed by atoms with E-state index in [-0.39, 0.29) is 5.75 Å². The smallest absolute Gasteiger partial charge is 0.387 e. The minimum Gasteiger partial charge on any atom is -0.435 e. The van der Waals surface area contributed by atoms with Crippen LogP contribution in [0.25, 0.3) is 0 Å². The number of rotatable bonds is 4. The molecule has 4 nitrogen and oxygen atoms in total. The summed E-state index contributed by atoms with van der Waals surface area (Å²) < 4.78 is 30.1. The van der Waals surface area contributed by atoms with Crippen molar-refractivity contribution in [2.75, 3.05) is 5.32 Å². The highest BCUT2D eigenvalue weighted by Crippen LogP contribution is 2.20. The molecule has 2 aromatic rings. The molecule has 0 amide bonds. The van der Waals surface area contributed by atoms with Gasteiger partial charge in [-0.05, 0) is 31.2 Å². The number of alkyl halides is 2. The SMILES string of the molecule is Cc1cn(C)c(Nc2ccc(OC(F)F)cc2)n1. The van der Waals surface area contributed by atoms with E-state index in [0.717, 1.165) is 11.4 Å². The number of aromatic nitrogens is 2. The third kappa shape index (κ3) is 2.97. The van der Waals surface area contributed by atoms with Crippen LogP contribution in [0.1, 0.15) is 5.69 Å². The van der Waals surface area contributed by atoms with Crippen molar-refractivity contribution in [2.24, 2.45) is 7.05 Å². The number of ether oxygens (including phenoxy) is 1. The first-order valence-corrected chi connectivity index (χ1v) is 5.36. The molecule has 1 N–H and O–H groups in total. The summed E-state index contributed by atoms with van der Waals surface area (Å²) >= 11 is 0. The molecular weight excluding hydrogens is 240 g/mol. The number of aryl methyl sites for hydroxylation is 2. The van der Waals surface area contributed by atoms with Crippen molar-refractivity contribution in [3.05, 3.63) is 36.2 Å². The number of hydrogen-bond acceptors (Lipinski definition) is 3. The minimum atomic E-state index is -2.80. The Morgan fingerprint density at radius 3 is 2.44 bits per heavy atom. The molecule has 1 aromatic heterocycles. The van der Waals surface area contributed by atoms with Crippen molar-refractivity contribution in [3.63, 3.8) is 0 Å². The van der Waals surface area contributed by atoms with Gasteiger partial charge in [0.2, 0.25) is 5.95 Å². The van der Waals surface area contributed by atoms with E-state index in [2.05, 4.69) is 15.0 Å². The number of benzene rings is 1. The molecule has 2 rings (SSSR count). The van der Waals surface area contributed by atoms with Gasteiger partial charge in [0.25, 0.3) is 0 Å². The lowest BCUT2D eigenvalue weighted by molar-refractivity contribution is -0.0498. The highest BCUT2D eigenvalue weighted by atomic mass is 19.3. The maximum absolute atomic E-state index is 12.0. The fourth-order valence-electron chi connectivity index (χ4n) is 1.58. The van der Waals surface area contributed by atoms with Gasteiger partial charge in [-0.2, -0.15) is 8.78 Å². The normalized spacial score (nSPS) is 10.7. The van der Waals surface area contributed by atoms with E-state index in [1.54, 1.807) is 12.1 Å². The van der Waals surface area contributed by atoms with E-state index < -0.39 is 6.61 Å². The van der Waals surface area contributed by atoms with Crippen LogP contribution in [-0.2, 0) is 7.05 Å². The first-order chi connectivity index (χ1) is 8.54. The highest BCUT2D eigenvalue weighted by Gasteiger charge is 2.05. The Morgan fingerprint density at radius 1 is 1.28 bits per heavy atom. The quantitative estimate of drug-likeness (QED) is 0.910. The lowest BCUT2D eigenvalue weighted by Crippen LogP contribution is -2.02. The fourth-order valence-corrected chi connectivity index (χ4v) is 1.58. The van der Waals surface area contributed by atoms with Crippen molar-refractivity contribution < 1.29 is 13.5 Å². The molecule has 1 aromatic carbocycles. The summed E-state index contributed by atoms with van der Waals surface area (Å²) in [5, 5.41) is 3.08. The second kappa shape index (κ2) is 5.03. The van der Waals surface area contributed by atoms with Crippen molar-refractivity contribution >= 4 is 11.6 Å². The molecule has 1 heterocycles. The number of halogens is 2. The van der Waals surface area contributed by atoms with Gasteiger partial charge in [0.05, 0.1) is 5.69 Å². The minimum absolute atomic E-state index is 0.131. The summed E-state index contributed by atoms with van der Waals surface area (Å²) in [4.78, 5) is 4.28. The zero-order valence-electron chi connectivity index (χ0n) is 10.0. The lowest BCUT2D eigenvalue weighted by atomic mass is 10.3. The zero-order valence-corrected chi connectivity index (χ0v) is 10.0. The van der Waals surface area contributed by atoms with E-state index in [4.69, 9.17) is 0 Å². The summed E-state index contributed by atoms with van der Waals surface area (Å²) in [5.41, 5.74) is 1.66. The van der Waals surface area contributed by atoms with Gasteiger partial charge in [0.1, 0.15) is 5.75 Å². The van der Waals surface area contributed by atoms with Crippen LogP contribution >= 0.6 is 0 Å². The molecule has 0 bridgehead atoms. The van der Waals surface area contributed by atoms with Crippen LogP contribution in [0.3, 0.4) is 0 Å². The van der Waals surface area contributed by atoms with E-state index in [0.29, 0.717) is 5.95 Å². The zero-order chi connectivity index (χ0) is 13.1. The Hall–Kier alpha value is -2.11. The third-order valence-corrected chi connectivity index (χ3v) is 2.33. The molecular formula is C12H13F2N3O. The van der Waals surface area contributed by atoms with Crippen molar-refractivity contribution in [1.29, 1.82) is 0 Å². The predicted octanol–water partition coefficient (Wildman–Crippen LogP) is 3.07. The third-order valence-electron chi connectivity index (χ3n) is 2.33. The van der Waals surface area contributed by atoms with Gasteiger partial charge < -0.3 is 14.6 Å². The lowest BCUT2D eigenvalue weighted by Gasteiger charge is -2.07. The van der Waals surface area contributed by atoms with Gasteiger partial charge >= 0.3 is 6.61 Å². The Kier molecular flexibility index (Phi) is 3.45. The number of nitrogens with zero attached hydrogens (tertiary/aromatic N) is 2. The molecule has 0 unspecified atom stereocenters. The Labute approximate surface area is 103 Å². The van der Waals surface area contributed by atoms with Crippen molar-refractivity contribution in [3.8, 4) is 5.75 Å². The molecule has 0 saturated carbocycles. The summed E-state index contributed by atoms with van der Waals surface area (Å²) in [5.74, 6) is 0.821. The monoisotopic (exact) mass is 253 g/mol. The van der Waals surface area contributed by atoms with Crippen molar-refractivity contribution in [2.45, 2.75) is 13.5 Å². The van der Waals surface area contributed by atoms with Gasteiger partial charge in [-0.3, -0.25) is 0 Å². The molecule has 0 aliphatic rings. The van der Waals surface area contributed by atoms with Crippen LogP contribution in [0.2, 0.25) is 0 Å². The molecule has 6 heteroatoms. The highest BCUT2D eigenvalue weighted by molar-refractivity contribution is 5.55. The average molecular weight is 253 g/mol. The topological polar surface area (TPSA) is 39.1 Å². The molecule has 96 valence electrons.